The summed E-state index contributed by atoms with van der Waals surface area (Å²) >= 11 is 11.8. The van der Waals surface area contributed by atoms with Crippen LogP contribution in [0, 0.1) is 0 Å². The van der Waals surface area contributed by atoms with Gasteiger partial charge in [0.15, 0.2) is 12.7 Å². The van der Waals surface area contributed by atoms with Crippen molar-refractivity contribution >= 4 is 40.8 Å². The van der Waals surface area contributed by atoms with Crippen molar-refractivity contribution in [3.63, 3.8) is 0 Å². The maximum Gasteiger partial charge on any atom is 0.347 e. The summed E-state index contributed by atoms with van der Waals surface area (Å²) in [7, 11) is 1.49. The Hall–Kier alpha value is -2.44. The summed E-state index contributed by atoms with van der Waals surface area (Å²) in [4.78, 5) is 23.9. The van der Waals surface area contributed by atoms with Gasteiger partial charge in [0.25, 0.3) is 5.91 Å². The number of rotatable bonds is 7. The molecule has 0 bridgehead atoms. The first-order valence-electron chi connectivity index (χ1n) is 7.62. The molecule has 26 heavy (non-hydrogen) atoms. The Morgan fingerprint density at radius 2 is 1.85 bits per heavy atom. The first-order valence-corrected chi connectivity index (χ1v) is 8.37. The molecule has 0 spiro atoms. The maximum atomic E-state index is 12.0. The molecule has 0 aliphatic carbocycles. The van der Waals surface area contributed by atoms with Crippen molar-refractivity contribution in [1.29, 1.82) is 0 Å². The fourth-order valence-electron chi connectivity index (χ4n) is 2.00. The zero-order chi connectivity index (χ0) is 19.1. The minimum atomic E-state index is -0.951. The average molecular weight is 398 g/mol. The van der Waals surface area contributed by atoms with Crippen molar-refractivity contribution in [3.05, 3.63) is 52.5 Å². The highest BCUT2D eigenvalue weighted by Crippen LogP contribution is 2.28. The van der Waals surface area contributed by atoms with Crippen LogP contribution < -0.4 is 14.8 Å². The van der Waals surface area contributed by atoms with E-state index in [-0.39, 0.29) is 5.02 Å². The number of amides is 1. The summed E-state index contributed by atoms with van der Waals surface area (Å²) in [6.07, 6.45) is -0.951. The van der Waals surface area contributed by atoms with Crippen LogP contribution in [0.15, 0.2) is 42.5 Å². The van der Waals surface area contributed by atoms with E-state index in [0.717, 1.165) is 0 Å². The molecule has 1 N–H and O–H groups in total. The third kappa shape index (κ3) is 5.54. The number of anilines is 1. The van der Waals surface area contributed by atoms with Gasteiger partial charge in [-0.25, -0.2) is 4.79 Å². The monoisotopic (exact) mass is 397 g/mol. The number of carbonyl (C=O) groups excluding carboxylic acids is 2. The van der Waals surface area contributed by atoms with E-state index in [1.807, 2.05) is 0 Å². The Morgan fingerprint density at radius 1 is 1.12 bits per heavy atom. The molecule has 1 amide bonds. The molecule has 2 rings (SSSR count). The lowest BCUT2D eigenvalue weighted by Gasteiger charge is -2.15. The van der Waals surface area contributed by atoms with E-state index in [4.69, 9.17) is 37.4 Å². The van der Waals surface area contributed by atoms with Gasteiger partial charge >= 0.3 is 5.97 Å². The number of methoxy groups -OCH3 is 1. The summed E-state index contributed by atoms with van der Waals surface area (Å²) < 4.78 is 15.5. The van der Waals surface area contributed by atoms with E-state index in [0.29, 0.717) is 22.2 Å². The van der Waals surface area contributed by atoms with Crippen LogP contribution in [0.5, 0.6) is 11.5 Å². The Kier molecular flexibility index (Phi) is 7.12. The van der Waals surface area contributed by atoms with Crippen LogP contribution in [-0.2, 0) is 14.3 Å². The molecular formula is C18H17Cl2NO5. The summed E-state index contributed by atoms with van der Waals surface area (Å²) in [5.74, 6) is -0.411. The molecular weight excluding hydrogens is 381 g/mol. The average Bonchev–Trinajstić information content (AvgIpc) is 2.62. The van der Waals surface area contributed by atoms with Crippen molar-refractivity contribution in [2.75, 3.05) is 19.0 Å². The Balaban J connectivity index is 1.86. The van der Waals surface area contributed by atoms with Gasteiger partial charge in [-0.1, -0.05) is 35.3 Å². The number of hydrogen-bond acceptors (Lipinski definition) is 5. The largest absolute Gasteiger partial charge is 0.495 e. The van der Waals surface area contributed by atoms with Gasteiger partial charge in [-0.05, 0) is 37.3 Å². The number of nitrogens with one attached hydrogen (secondary N) is 1. The molecule has 0 saturated heterocycles. The van der Waals surface area contributed by atoms with Crippen LogP contribution in [0.25, 0.3) is 0 Å². The SMILES string of the molecule is COc1ccccc1NC(=O)COC(=O)C(C)Oc1ccc(Cl)cc1Cl. The van der Waals surface area contributed by atoms with E-state index < -0.39 is 24.6 Å². The predicted molar refractivity (Wildman–Crippen MR) is 99.1 cm³/mol. The maximum absolute atomic E-state index is 12.0. The van der Waals surface area contributed by atoms with Gasteiger partial charge in [-0.15, -0.1) is 0 Å². The summed E-state index contributed by atoms with van der Waals surface area (Å²) in [6.45, 7) is 1.03. The predicted octanol–water partition coefficient (Wildman–Crippen LogP) is 3.95. The van der Waals surface area contributed by atoms with Crippen molar-refractivity contribution in [2.24, 2.45) is 0 Å². The van der Waals surface area contributed by atoms with Crippen molar-refractivity contribution in [3.8, 4) is 11.5 Å². The van der Waals surface area contributed by atoms with Crippen LogP contribution in [-0.4, -0.2) is 31.7 Å². The fourth-order valence-corrected chi connectivity index (χ4v) is 2.45. The number of carbonyl (C=O) groups is 2. The number of ether oxygens (including phenoxy) is 3. The lowest BCUT2D eigenvalue weighted by molar-refractivity contribution is -0.153. The van der Waals surface area contributed by atoms with E-state index in [9.17, 15) is 9.59 Å². The standard InChI is InChI=1S/C18H17Cl2NO5/c1-11(26-15-8-7-12(19)9-13(15)20)18(23)25-10-17(22)21-14-5-3-4-6-16(14)24-2/h3-9,11H,10H2,1-2H3,(H,21,22). The number of halogens is 2. The molecule has 0 saturated carbocycles. The van der Waals surface area contributed by atoms with Crippen LogP contribution in [0.4, 0.5) is 5.69 Å². The second-order valence-electron chi connectivity index (χ2n) is 5.19. The first-order chi connectivity index (χ1) is 12.4. The van der Waals surface area contributed by atoms with Gasteiger partial charge in [-0.2, -0.15) is 0 Å². The minimum absolute atomic E-state index is 0.270. The number of esters is 1. The molecule has 2 aromatic rings. The van der Waals surface area contributed by atoms with Gasteiger partial charge in [0.2, 0.25) is 0 Å². The third-order valence-electron chi connectivity index (χ3n) is 3.26. The van der Waals surface area contributed by atoms with Crippen molar-refractivity contribution in [2.45, 2.75) is 13.0 Å². The van der Waals surface area contributed by atoms with Crippen LogP contribution >= 0.6 is 23.2 Å². The molecule has 8 heteroatoms. The molecule has 0 fully saturated rings. The van der Waals surface area contributed by atoms with Crippen molar-refractivity contribution < 1.29 is 23.8 Å². The molecule has 1 unspecified atom stereocenters. The van der Waals surface area contributed by atoms with Crippen molar-refractivity contribution in [1.82, 2.24) is 0 Å². The number of hydrogen-bond donors (Lipinski definition) is 1. The fraction of sp³-hybridized carbons (Fsp3) is 0.222. The molecule has 2 aromatic carbocycles. The van der Waals surface area contributed by atoms with Gasteiger partial charge < -0.3 is 19.5 Å². The van der Waals surface area contributed by atoms with Gasteiger partial charge in [-0.3, -0.25) is 4.79 Å². The van der Waals surface area contributed by atoms with Gasteiger partial charge in [0, 0.05) is 5.02 Å². The Bertz CT molecular complexity index is 797. The molecule has 0 aromatic heterocycles. The lowest BCUT2D eigenvalue weighted by Crippen LogP contribution is -2.29. The normalized spacial score (nSPS) is 11.4. The first kappa shape index (κ1) is 19.9. The minimum Gasteiger partial charge on any atom is -0.495 e. The van der Waals surface area contributed by atoms with E-state index >= 15 is 0 Å². The number of para-hydroxylation sites is 2. The molecule has 1 atom stereocenters. The second-order valence-corrected chi connectivity index (χ2v) is 6.03. The molecule has 0 aliphatic heterocycles. The highest BCUT2D eigenvalue weighted by atomic mass is 35.5. The Morgan fingerprint density at radius 3 is 2.54 bits per heavy atom. The van der Waals surface area contributed by atoms with Crippen LogP contribution in [0.3, 0.4) is 0 Å². The molecule has 0 aliphatic rings. The Labute approximate surface area is 160 Å². The molecule has 0 heterocycles. The van der Waals surface area contributed by atoms with E-state index in [1.54, 1.807) is 36.4 Å². The zero-order valence-electron chi connectivity index (χ0n) is 14.1. The smallest absolute Gasteiger partial charge is 0.347 e. The number of benzene rings is 2. The molecule has 138 valence electrons. The molecule has 6 nitrogen and oxygen atoms in total. The zero-order valence-corrected chi connectivity index (χ0v) is 15.6. The van der Waals surface area contributed by atoms with Crippen LogP contribution in [0.2, 0.25) is 10.0 Å². The summed E-state index contributed by atoms with van der Waals surface area (Å²) in [5, 5.41) is 3.32. The highest BCUT2D eigenvalue weighted by Gasteiger charge is 2.19. The third-order valence-corrected chi connectivity index (χ3v) is 3.79. The van der Waals surface area contributed by atoms with E-state index in [2.05, 4.69) is 5.32 Å². The summed E-state index contributed by atoms with van der Waals surface area (Å²) in [6, 6.07) is 11.5. The van der Waals surface area contributed by atoms with Crippen LogP contribution in [0.1, 0.15) is 6.92 Å². The topological polar surface area (TPSA) is 73.9 Å². The lowest BCUT2D eigenvalue weighted by atomic mass is 10.3. The summed E-state index contributed by atoms with van der Waals surface area (Å²) in [5.41, 5.74) is 0.480. The second kappa shape index (κ2) is 9.31. The van der Waals surface area contributed by atoms with Gasteiger partial charge in [0.1, 0.15) is 11.5 Å². The quantitative estimate of drug-likeness (QED) is 0.715. The molecule has 0 radical (unpaired) electrons. The van der Waals surface area contributed by atoms with Gasteiger partial charge in [0.05, 0.1) is 17.8 Å². The van der Waals surface area contributed by atoms with E-state index in [1.165, 1.54) is 20.1 Å². The highest BCUT2D eigenvalue weighted by molar-refractivity contribution is 6.35.